The van der Waals surface area contributed by atoms with E-state index in [-0.39, 0.29) is 5.91 Å². The molecule has 1 aromatic carbocycles. The van der Waals surface area contributed by atoms with E-state index in [1.54, 1.807) is 11.0 Å². The van der Waals surface area contributed by atoms with E-state index in [1.165, 1.54) is 0 Å². The zero-order valence-electron chi connectivity index (χ0n) is 6.58. The van der Waals surface area contributed by atoms with Crippen LogP contribution in [-0.4, -0.2) is 12.6 Å². The van der Waals surface area contributed by atoms with Crippen LogP contribution in [0.15, 0.2) is 24.3 Å². The molecule has 1 aliphatic rings. The first-order valence-corrected chi connectivity index (χ1v) is 3.74. The first kappa shape index (κ1) is 7.16. The third-order valence-corrected chi connectivity index (χ3v) is 1.92. The van der Waals surface area contributed by atoms with Gasteiger partial charge >= 0.3 is 0 Å². The monoisotopic (exact) mass is 161 g/mol. The summed E-state index contributed by atoms with van der Waals surface area (Å²) in [4.78, 5) is 13.0. The largest absolute Gasteiger partial charge is 0.351 e. The van der Waals surface area contributed by atoms with Gasteiger partial charge in [0.2, 0.25) is 0 Å². The number of rotatable bonds is 0. The van der Waals surface area contributed by atoms with E-state index in [4.69, 9.17) is 0 Å². The van der Waals surface area contributed by atoms with Gasteiger partial charge in [-0.3, -0.25) is 4.79 Å². The molecule has 2 rings (SSSR count). The van der Waals surface area contributed by atoms with Crippen molar-refractivity contribution in [2.45, 2.75) is 0 Å². The van der Waals surface area contributed by atoms with Gasteiger partial charge in [-0.05, 0) is 12.1 Å². The van der Waals surface area contributed by atoms with Crippen molar-refractivity contribution in [3.63, 3.8) is 0 Å². The van der Waals surface area contributed by atoms with Crippen molar-refractivity contribution >= 4 is 11.6 Å². The Hall–Kier alpha value is -1.51. The number of carbonyl (C=O) groups is 1. The van der Waals surface area contributed by atoms with Crippen molar-refractivity contribution < 1.29 is 4.79 Å². The highest BCUT2D eigenvalue weighted by atomic mass is 16.1. The Bertz CT molecular complexity index is 322. The molecule has 1 aliphatic heterocycles. The van der Waals surface area contributed by atoms with Crippen molar-refractivity contribution in [3.05, 3.63) is 36.9 Å². The standard InChI is InChI=1S/C9H9N2O/c1-11-6-10-9(12)7-4-2-3-5-8(7)11/h2-5H,1,6H2,(H,10,12). The van der Waals surface area contributed by atoms with E-state index in [0.717, 1.165) is 5.69 Å². The maximum Gasteiger partial charge on any atom is 0.254 e. The van der Waals surface area contributed by atoms with Crippen LogP contribution in [0.4, 0.5) is 5.69 Å². The van der Waals surface area contributed by atoms with E-state index in [2.05, 4.69) is 12.4 Å². The average molecular weight is 161 g/mol. The third-order valence-electron chi connectivity index (χ3n) is 1.92. The molecule has 12 heavy (non-hydrogen) atoms. The predicted molar refractivity (Wildman–Crippen MR) is 46.6 cm³/mol. The predicted octanol–water partition coefficient (Wildman–Crippen LogP) is 0.985. The van der Waals surface area contributed by atoms with E-state index < -0.39 is 0 Å². The Morgan fingerprint density at radius 2 is 2.17 bits per heavy atom. The van der Waals surface area contributed by atoms with E-state index in [0.29, 0.717) is 12.2 Å². The second-order valence-electron chi connectivity index (χ2n) is 2.72. The van der Waals surface area contributed by atoms with Crippen LogP contribution < -0.4 is 10.2 Å². The van der Waals surface area contributed by atoms with E-state index in [1.807, 2.05) is 18.2 Å². The zero-order chi connectivity index (χ0) is 8.55. The SMILES string of the molecule is [CH2]N1CNC(=O)c2ccccc21. The molecule has 61 valence electrons. The van der Waals surface area contributed by atoms with Crippen LogP contribution in [0.2, 0.25) is 0 Å². The summed E-state index contributed by atoms with van der Waals surface area (Å²) in [6.07, 6.45) is 0. The molecule has 0 aliphatic carbocycles. The molecule has 1 N–H and O–H groups in total. The molecule has 0 bridgehead atoms. The second-order valence-corrected chi connectivity index (χ2v) is 2.72. The minimum atomic E-state index is -0.0227. The summed E-state index contributed by atoms with van der Waals surface area (Å²) in [6, 6.07) is 7.43. The maximum atomic E-state index is 11.3. The fourth-order valence-electron chi connectivity index (χ4n) is 1.29. The van der Waals surface area contributed by atoms with Gasteiger partial charge in [-0.2, -0.15) is 0 Å². The molecule has 0 saturated heterocycles. The van der Waals surface area contributed by atoms with Gasteiger partial charge in [0, 0.05) is 7.05 Å². The van der Waals surface area contributed by atoms with Crippen LogP contribution >= 0.6 is 0 Å². The summed E-state index contributed by atoms with van der Waals surface area (Å²) in [5.41, 5.74) is 1.58. The van der Waals surface area contributed by atoms with Crippen molar-refractivity contribution in [2.75, 3.05) is 11.6 Å². The lowest BCUT2D eigenvalue weighted by atomic mass is 10.1. The number of amides is 1. The molecule has 0 saturated carbocycles. The number of fused-ring (bicyclic) bond motifs is 1. The highest BCUT2D eigenvalue weighted by molar-refractivity contribution is 6.01. The zero-order valence-corrected chi connectivity index (χ0v) is 6.58. The van der Waals surface area contributed by atoms with Crippen LogP contribution in [-0.2, 0) is 0 Å². The van der Waals surface area contributed by atoms with E-state index in [9.17, 15) is 4.79 Å². The Morgan fingerprint density at radius 1 is 1.42 bits per heavy atom. The van der Waals surface area contributed by atoms with Crippen molar-refractivity contribution in [1.82, 2.24) is 5.32 Å². The molecule has 0 aromatic heterocycles. The Balaban J connectivity index is 2.55. The molecule has 0 spiro atoms. The molecule has 1 amide bonds. The molecule has 3 nitrogen and oxygen atoms in total. The second kappa shape index (κ2) is 2.52. The smallest absolute Gasteiger partial charge is 0.254 e. The molecular weight excluding hydrogens is 152 g/mol. The molecule has 0 fully saturated rings. The highest BCUT2D eigenvalue weighted by Crippen LogP contribution is 2.21. The van der Waals surface area contributed by atoms with Crippen LogP contribution in [0, 0.1) is 7.05 Å². The fraction of sp³-hybridized carbons (Fsp3) is 0.111. The average Bonchev–Trinajstić information content (AvgIpc) is 2.12. The van der Waals surface area contributed by atoms with Crippen LogP contribution in [0.1, 0.15) is 10.4 Å². The number of anilines is 1. The quantitative estimate of drug-likeness (QED) is 0.615. The number of hydrogen-bond acceptors (Lipinski definition) is 2. The molecule has 0 unspecified atom stereocenters. The first-order chi connectivity index (χ1) is 5.79. The van der Waals surface area contributed by atoms with Crippen LogP contribution in [0.5, 0.6) is 0 Å². The molecular formula is C9H9N2O. The summed E-state index contributed by atoms with van der Waals surface area (Å²) in [5, 5.41) is 2.71. The van der Waals surface area contributed by atoms with Crippen molar-refractivity contribution in [2.24, 2.45) is 0 Å². The Kier molecular flexibility index (Phi) is 1.50. The highest BCUT2D eigenvalue weighted by Gasteiger charge is 2.18. The molecule has 1 aromatic rings. The first-order valence-electron chi connectivity index (χ1n) is 3.74. The molecule has 1 heterocycles. The molecule has 0 atom stereocenters. The lowest BCUT2D eigenvalue weighted by molar-refractivity contribution is 0.0949. The Labute approximate surface area is 71.0 Å². The number of para-hydroxylation sites is 1. The topological polar surface area (TPSA) is 32.3 Å². The third kappa shape index (κ3) is 0.942. The summed E-state index contributed by atoms with van der Waals surface area (Å²) in [5.74, 6) is -0.0227. The van der Waals surface area contributed by atoms with Crippen LogP contribution in [0.25, 0.3) is 0 Å². The van der Waals surface area contributed by atoms with Crippen LogP contribution in [0.3, 0.4) is 0 Å². The number of nitrogens with one attached hydrogen (secondary N) is 1. The van der Waals surface area contributed by atoms with Gasteiger partial charge in [0.15, 0.2) is 0 Å². The lowest BCUT2D eigenvalue weighted by Crippen LogP contribution is -2.39. The maximum absolute atomic E-state index is 11.3. The Morgan fingerprint density at radius 3 is 2.92 bits per heavy atom. The number of carbonyl (C=O) groups excluding carboxylic acids is 1. The summed E-state index contributed by atoms with van der Waals surface area (Å²) < 4.78 is 0. The summed E-state index contributed by atoms with van der Waals surface area (Å²) >= 11 is 0. The number of hydrogen-bond donors (Lipinski definition) is 1. The molecule has 3 heteroatoms. The van der Waals surface area contributed by atoms with Gasteiger partial charge in [0.05, 0.1) is 17.9 Å². The van der Waals surface area contributed by atoms with Gasteiger partial charge in [0.25, 0.3) is 5.91 Å². The van der Waals surface area contributed by atoms with Gasteiger partial charge in [-0.15, -0.1) is 0 Å². The minimum Gasteiger partial charge on any atom is -0.351 e. The van der Waals surface area contributed by atoms with Crippen molar-refractivity contribution in [1.29, 1.82) is 0 Å². The van der Waals surface area contributed by atoms with E-state index >= 15 is 0 Å². The normalized spacial score (nSPS) is 15.4. The molecule has 1 radical (unpaired) electrons. The summed E-state index contributed by atoms with van der Waals surface area (Å²) in [7, 11) is 3.79. The van der Waals surface area contributed by atoms with Gasteiger partial charge in [-0.25, -0.2) is 0 Å². The fourth-order valence-corrected chi connectivity index (χ4v) is 1.29. The van der Waals surface area contributed by atoms with Gasteiger partial charge in [0.1, 0.15) is 0 Å². The minimum absolute atomic E-state index is 0.0227. The lowest BCUT2D eigenvalue weighted by Gasteiger charge is -2.26. The number of nitrogens with zero attached hydrogens (tertiary/aromatic N) is 1. The van der Waals surface area contributed by atoms with Gasteiger partial charge in [-0.1, -0.05) is 12.1 Å². The summed E-state index contributed by atoms with van der Waals surface area (Å²) in [6.45, 7) is 0.482. The van der Waals surface area contributed by atoms with Crippen molar-refractivity contribution in [3.8, 4) is 0 Å². The number of benzene rings is 1. The van der Waals surface area contributed by atoms with Gasteiger partial charge < -0.3 is 10.2 Å².